The number of carbonyl (C=O) groups excluding carboxylic acids is 1. The lowest BCUT2D eigenvalue weighted by Gasteiger charge is -2.09. The minimum Gasteiger partial charge on any atom is -0.495 e. The van der Waals surface area contributed by atoms with E-state index in [0.717, 1.165) is 0 Å². The Morgan fingerprint density at radius 3 is 2.57 bits per heavy atom. The first-order valence-corrected chi connectivity index (χ1v) is 8.64. The molecule has 1 aliphatic heterocycles. The Morgan fingerprint density at radius 1 is 1.07 bits per heavy atom. The van der Waals surface area contributed by atoms with E-state index in [2.05, 4.69) is 20.6 Å². The van der Waals surface area contributed by atoms with Gasteiger partial charge in [-0.3, -0.25) is 4.79 Å². The van der Waals surface area contributed by atoms with Crippen LogP contribution in [0.15, 0.2) is 48.8 Å². The number of nitrogens with one attached hydrogen (secondary N) is 2. The van der Waals surface area contributed by atoms with Gasteiger partial charge in [0.1, 0.15) is 5.75 Å². The number of halogens is 1. The van der Waals surface area contributed by atoms with Crippen molar-refractivity contribution < 1.29 is 19.0 Å². The number of benzene rings is 2. The minimum absolute atomic E-state index is 0.175. The SMILES string of the molecule is COc1ccc(Nc2ncc(C(=O)Nc3ccc4c(c3)OCO4)cn2)cc1Cl. The zero-order chi connectivity index (χ0) is 19.5. The second-order valence-electron chi connectivity index (χ2n) is 5.79. The van der Waals surface area contributed by atoms with Gasteiger partial charge in [0.2, 0.25) is 12.7 Å². The fourth-order valence-corrected chi connectivity index (χ4v) is 2.82. The van der Waals surface area contributed by atoms with Gasteiger partial charge >= 0.3 is 0 Å². The van der Waals surface area contributed by atoms with E-state index in [-0.39, 0.29) is 12.7 Å². The zero-order valence-electron chi connectivity index (χ0n) is 14.7. The molecule has 1 aliphatic rings. The smallest absolute Gasteiger partial charge is 0.258 e. The summed E-state index contributed by atoms with van der Waals surface area (Å²) in [4.78, 5) is 20.7. The van der Waals surface area contributed by atoms with Crippen LogP contribution in [0.3, 0.4) is 0 Å². The van der Waals surface area contributed by atoms with Gasteiger partial charge in [0.05, 0.1) is 17.7 Å². The maximum absolute atomic E-state index is 12.4. The Kier molecular flexibility index (Phi) is 4.86. The van der Waals surface area contributed by atoms with Crippen molar-refractivity contribution >= 4 is 34.8 Å². The van der Waals surface area contributed by atoms with Crippen molar-refractivity contribution in [3.63, 3.8) is 0 Å². The van der Waals surface area contributed by atoms with Crippen molar-refractivity contribution in [2.45, 2.75) is 0 Å². The fraction of sp³-hybridized carbons (Fsp3) is 0.105. The topological polar surface area (TPSA) is 94.6 Å². The number of hydrogen-bond donors (Lipinski definition) is 2. The molecule has 2 aromatic carbocycles. The number of methoxy groups -OCH3 is 1. The highest BCUT2D eigenvalue weighted by molar-refractivity contribution is 6.32. The van der Waals surface area contributed by atoms with E-state index in [1.54, 1.807) is 43.5 Å². The van der Waals surface area contributed by atoms with Crippen molar-refractivity contribution in [1.29, 1.82) is 0 Å². The van der Waals surface area contributed by atoms with Crippen LogP contribution in [0.5, 0.6) is 17.2 Å². The van der Waals surface area contributed by atoms with E-state index in [1.807, 2.05) is 0 Å². The third-order valence-corrected chi connectivity index (χ3v) is 4.25. The number of rotatable bonds is 5. The second-order valence-corrected chi connectivity index (χ2v) is 6.20. The van der Waals surface area contributed by atoms with Gasteiger partial charge < -0.3 is 24.8 Å². The Hall–Kier alpha value is -3.52. The van der Waals surface area contributed by atoms with Crippen molar-refractivity contribution in [1.82, 2.24) is 9.97 Å². The number of anilines is 3. The lowest BCUT2D eigenvalue weighted by atomic mass is 10.2. The molecule has 4 rings (SSSR count). The maximum Gasteiger partial charge on any atom is 0.258 e. The molecule has 0 spiro atoms. The average molecular weight is 399 g/mol. The van der Waals surface area contributed by atoms with Crippen molar-refractivity contribution in [3.8, 4) is 17.2 Å². The fourth-order valence-electron chi connectivity index (χ4n) is 2.56. The van der Waals surface area contributed by atoms with Crippen LogP contribution in [0, 0.1) is 0 Å². The standard InChI is InChI=1S/C19H15ClN4O4/c1-26-15-4-2-12(6-14(15)20)24-19-21-8-11(9-22-19)18(25)23-13-3-5-16-17(7-13)28-10-27-16/h2-9H,10H2,1H3,(H,23,25)(H,21,22,24). The van der Waals surface area contributed by atoms with Crippen LogP contribution < -0.4 is 24.8 Å². The number of carbonyl (C=O) groups is 1. The van der Waals surface area contributed by atoms with E-state index >= 15 is 0 Å². The molecule has 0 aliphatic carbocycles. The van der Waals surface area contributed by atoms with Gasteiger partial charge in [-0.05, 0) is 30.3 Å². The van der Waals surface area contributed by atoms with Gasteiger partial charge in [-0.25, -0.2) is 9.97 Å². The Labute approximate surface area is 165 Å². The maximum atomic E-state index is 12.4. The second kappa shape index (κ2) is 7.61. The number of ether oxygens (including phenoxy) is 3. The predicted octanol–water partition coefficient (Wildman–Crippen LogP) is 3.86. The molecule has 28 heavy (non-hydrogen) atoms. The molecule has 0 saturated heterocycles. The highest BCUT2D eigenvalue weighted by Gasteiger charge is 2.15. The molecule has 2 heterocycles. The highest BCUT2D eigenvalue weighted by atomic mass is 35.5. The van der Waals surface area contributed by atoms with Crippen LogP contribution in [-0.4, -0.2) is 29.8 Å². The lowest BCUT2D eigenvalue weighted by molar-refractivity contribution is 0.102. The summed E-state index contributed by atoms with van der Waals surface area (Å²) < 4.78 is 15.7. The molecule has 3 aromatic rings. The molecule has 0 unspecified atom stereocenters. The van der Waals surface area contributed by atoms with Crippen LogP contribution in [0.1, 0.15) is 10.4 Å². The molecule has 8 nitrogen and oxygen atoms in total. The van der Waals surface area contributed by atoms with Gasteiger partial charge in [0.15, 0.2) is 11.5 Å². The van der Waals surface area contributed by atoms with Crippen LogP contribution in [0.25, 0.3) is 0 Å². The molecule has 0 fully saturated rings. The summed E-state index contributed by atoms with van der Waals surface area (Å²) in [5.74, 6) is 1.81. The Balaban J connectivity index is 1.42. The van der Waals surface area contributed by atoms with E-state index < -0.39 is 0 Å². The minimum atomic E-state index is -0.335. The highest BCUT2D eigenvalue weighted by Crippen LogP contribution is 2.34. The van der Waals surface area contributed by atoms with Crippen LogP contribution >= 0.6 is 11.6 Å². The van der Waals surface area contributed by atoms with Crippen LogP contribution in [-0.2, 0) is 0 Å². The number of amides is 1. The van der Waals surface area contributed by atoms with Crippen molar-refractivity contribution in [2.75, 3.05) is 24.5 Å². The Bertz CT molecular complexity index is 1030. The number of fused-ring (bicyclic) bond motifs is 1. The summed E-state index contributed by atoms with van der Waals surface area (Å²) in [6, 6.07) is 10.4. The summed E-state index contributed by atoms with van der Waals surface area (Å²) in [6.45, 7) is 0.175. The number of nitrogens with zero attached hydrogens (tertiary/aromatic N) is 2. The molecule has 0 atom stereocenters. The number of hydrogen-bond acceptors (Lipinski definition) is 7. The molecule has 0 saturated carbocycles. The first-order valence-electron chi connectivity index (χ1n) is 8.26. The number of aromatic nitrogens is 2. The summed E-state index contributed by atoms with van der Waals surface area (Å²) in [6.07, 6.45) is 2.87. The van der Waals surface area contributed by atoms with Gasteiger partial charge in [0, 0.05) is 29.8 Å². The molecular weight excluding hydrogens is 384 g/mol. The van der Waals surface area contributed by atoms with Crippen LogP contribution in [0.4, 0.5) is 17.3 Å². The van der Waals surface area contributed by atoms with Crippen LogP contribution in [0.2, 0.25) is 5.02 Å². The summed E-state index contributed by atoms with van der Waals surface area (Å²) in [5.41, 5.74) is 1.60. The van der Waals surface area contributed by atoms with E-state index in [4.69, 9.17) is 25.8 Å². The van der Waals surface area contributed by atoms with Gasteiger partial charge in [-0.2, -0.15) is 0 Å². The molecule has 0 bridgehead atoms. The molecule has 0 radical (unpaired) electrons. The summed E-state index contributed by atoms with van der Waals surface area (Å²) in [5, 5.41) is 6.25. The molecule has 1 aromatic heterocycles. The van der Waals surface area contributed by atoms with Crippen molar-refractivity contribution in [3.05, 3.63) is 59.4 Å². The van der Waals surface area contributed by atoms with E-state index in [1.165, 1.54) is 12.4 Å². The molecule has 1 amide bonds. The first kappa shape index (κ1) is 17.9. The molecule has 142 valence electrons. The third kappa shape index (κ3) is 3.77. The monoisotopic (exact) mass is 398 g/mol. The summed E-state index contributed by atoms with van der Waals surface area (Å²) >= 11 is 6.10. The van der Waals surface area contributed by atoms with E-state index in [9.17, 15) is 4.79 Å². The Morgan fingerprint density at radius 2 is 1.82 bits per heavy atom. The van der Waals surface area contributed by atoms with Gasteiger partial charge in [-0.15, -0.1) is 0 Å². The zero-order valence-corrected chi connectivity index (χ0v) is 15.5. The predicted molar refractivity (Wildman–Crippen MR) is 104 cm³/mol. The van der Waals surface area contributed by atoms with E-state index in [0.29, 0.717) is 45.2 Å². The normalized spacial score (nSPS) is 11.8. The lowest BCUT2D eigenvalue weighted by Crippen LogP contribution is -2.13. The van der Waals surface area contributed by atoms with Gasteiger partial charge in [0.25, 0.3) is 5.91 Å². The molecule has 9 heteroatoms. The quantitative estimate of drug-likeness (QED) is 0.673. The summed E-state index contributed by atoms with van der Waals surface area (Å²) in [7, 11) is 1.55. The van der Waals surface area contributed by atoms with Crippen molar-refractivity contribution in [2.24, 2.45) is 0 Å². The van der Waals surface area contributed by atoms with Gasteiger partial charge in [-0.1, -0.05) is 11.6 Å². The third-order valence-electron chi connectivity index (χ3n) is 3.95. The largest absolute Gasteiger partial charge is 0.495 e. The first-order chi connectivity index (χ1) is 13.6. The molecular formula is C19H15ClN4O4. The molecule has 2 N–H and O–H groups in total. The average Bonchev–Trinajstić information content (AvgIpc) is 3.16.